The van der Waals surface area contributed by atoms with Crippen LogP contribution >= 0.6 is 0 Å². The number of ether oxygens (including phenoxy) is 1. The Balaban J connectivity index is 2.66. The smallest absolute Gasteiger partial charge is 0.219 e. The fourth-order valence-corrected chi connectivity index (χ4v) is 1.64. The quantitative estimate of drug-likeness (QED) is 0.358. The highest BCUT2D eigenvalue weighted by Gasteiger charge is 2.08. The first-order valence-electron chi connectivity index (χ1n) is 6.21. The number of carbonyl (C=O) groups excluding carboxylic acids is 1. The third-order valence-corrected chi connectivity index (χ3v) is 2.76. The molecule has 0 aromatic heterocycles. The van der Waals surface area contributed by atoms with Gasteiger partial charge in [0.1, 0.15) is 5.75 Å². The summed E-state index contributed by atoms with van der Waals surface area (Å²) < 4.78 is 5.66. The van der Waals surface area contributed by atoms with Crippen LogP contribution in [-0.2, 0) is 4.79 Å². The van der Waals surface area contributed by atoms with Gasteiger partial charge >= 0.3 is 0 Å². The van der Waals surface area contributed by atoms with E-state index in [0.29, 0.717) is 30.9 Å². The van der Waals surface area contributed by atoms with Crippen LogP contribution < -0.4 is 10.1 Å². The van der Waals surface area contributed by atoms with Gasteiger partial charge in [-0.1, -0.05) is 11.2 Å². The highest BCUT2D eigenvalue weighted by atomic mass is 16.5. The topological polar surface area (TPSA) is 70.9 Å². The molecule has 0 saturated heterocycles. The van der Waals surface area contributed by atoms with E-state index in [2.05, 4.69) is 10.5 Å². The molecule has 0 heterocycles. The standard InChI is InChI=1S/C14H20N2O3/c1-10-6-7-12(11(2)16-18)13(9-10)19-8-4-5-14(17)15-3/h6-7,9,18H,4-5,8H2,1-3H3,(H,15,17). The summed E-state index contributed by atoms with van der Waals surface area (Å²) in [4.78, 5) is 11.1. The molecule has 0 unspecified atom stereocenters. The van der Waals surface area contributed by atoms with Crippen LogP contribution in [0.4, 0.5) is 0 Å². The van der Waals surface area contributed by atoms with Crippen molar-refractivity contribution in [1.29, 1.82) is 0 Å². The first-order valence-corrected chi connectivity index (χ1v) is 6.21. The molecular weight excluding hydrogens is 244 g/mol. The Hall–Kier alpha value is -2.04. The number of benzene rings is 1. The maximum absolute atomic E-state index is 11.1. The molecule has 2 N–H and O–H groups in total. The SMILES string of the molecule is CNC(=O)CCCOc1cc(C)ccc1C(C)=NO. The summed E-state index contributed by atoms with van der Waals surface area (Å²) in [5, 5.41) is 14.6. The first kappa shape index (κ1) is 15.0. The van der Waals surface area contributed by atoms with Crippen molar-refractivity contribution < 1.29 is 14.7 Å². The monoisotopic (exact) mass is 264 g/mol. The minimum Gasteiger partial charge on any atom is -0.493 e. The Labute approximate surface area is 113 Å². The van der Waals surface area contributed by atoms with E-state index < -0.39 is 0 Å². The van der Waals surface area contributed by atoms with Gasteiger partial charge in [0.15, 0.2) is 0 Å². The number of carbonyl (C=O) groups is 1. The Morgan fingerprint density at radius 3 is 2.84 bits per heavy atom. The van der Waals surface area contributed by atoms with Crippen LogP contribution in [-0.4, -0.2) is 30.5 Å². The van der Waals surface area contributed by atoms with E-state index >= 15 is 0 Å². The summed E-state index contributed by atoms with van der Waals surface area (Å²) >= 11 is 0. The number of hydrogen-bond acceptors (Lipinski definition) is 4. The lowest BCUT2D eigenvalue weighted by atomic mass is 10.1. The summed E-state index contributed by atoms with van der Waals surface area (Å²) in [6.45, 7) is 4.12. The Morgan fingerprint density at radius 2 is 2.21 bits per heavy atom. The Kier molecular flexibility index (Phi) is 5.85. The lowest BCUT2D eigenvalue weighted by Gasteiger charge is -2.11. The normalized spacial score (nSPS) is 11.2. The molecule has 0 atom stereocenters. The number of nitrogens with one attached hydrogen (secondary N) is 1. The molecule has 0 aliphatic heterocycles. The van der Waals surface area contributed by atoms with Gasteiger partial charge in [0.05, 0.1) is 12.3 Å². The van der Waals surface area contributed by atoms with Crippen molar-refractivity contribution >= 4 is 11.6 Å². The van der Waals surface area contributed by atoms with E-state index in [1.165, 1.54) is 0 Å². The van der Waals surface area contributed by atoms with Crippen molar-refractivity contribution in [2.45, 2.75) is 26.7 Å². The molecule has 0 saturated carbocycles. The molecule has 104 valence electrons. The molecule has 0 aliphatic carbocycles. The molecule has 1 amide bonds. The molecule has 1 aromatic carbocycles. The summed E-state index contributed by atoms with van der Waals surface area (Å²) in [6, 6.07) is 5.68. The van der Waals surface area contributed by atoms with E-state index in [1.807, 2.05) is 25.1 Å². The zero-order valence-electron chi connectivity index (χ0n) is 11.6. The number of hydrogen-bond donors (Lipinski definition) is 2. The lowest BCUT2D eigenvalue weighted by Crippen LogP contribution is -2.18. The fourth-order valence-electron chi connectivity index (χ4n) is 1.64. The summed E-state index contributed by atoms with van der Waals surface area (Å²) in [5.74, 6) is 0.674. The zero-order chi connectivity index (χ0) is 14.3. The van der Waals surface area contributed by atoms with Crippen molar-refractivity contribution in [3.05, 3.63) is 29.3 Å². The predicted octanol–water partition coefficient (Wildman–Crippen LogP) is 2.10. The van der Waals surface area contributed by atoms with E-state index in [4.69, 9.17) is 9.94 Å². The van der Waals surface area contributed by atoms with Crippen molar-refractivity contribution in [1.82, 2.24) is 5.32 Å². The Morgan fingerprint density at radius 1 is 1.47 bits per heavy atom. The average Bonchev–Trinajstić information content (AvgIpc) is 2.42. The molecule has 0 fully saturated rings. The van der Waals surface area contributed by atoms with Crippen LogP contribution in [0.2, 0.25) is 0 Å². The largest absolute Gasteiger partial charge is 0.493 e. The average molecular weight is 264 g/mol. The maximum atomic E-state index is 11.1. The second-order valence-electron chi connectivity index (χ2n) is 4.31. The number of amides is 1. The fraction of sp³-hybridized carbons (Fsp3) is 0.429. The van der Waals surface area contributed by atoms with Crippen LogP contribution in [0.1, 0.15) is 30.9 Å². The van der Waals surface area contributed by atoms with Gasteiger partial charge in [-0.15, -0.1) is 0 Å². The van der Waals surface area contributed by atoms with Crippen molar-refractivity contribution in [2.75, 3.05) is 13.7 Å². The molecule has 0 aliphatic rings. The minimum atomic E-state index is 0.00108. The van der Waals surface area contributed by atoms with Crippen LogP contribution in [0.3, 0.4) is 0 Å². The van der Waals surface area contributed by atoms with E-state index in [-0.39, 0.29) is 5.91 Å². The Bertz CT molecular complexity index is 470. The van der Waals surface area contributed by atoms with E-state index in [9.17, 15) is 4.79 Å². The molecule has 0 bridgehead atoms. The second-order valence-corrected chi connectivity index (χ2v) is 4.31. The van der Waals surface area contributed by atoms with Gasteiger partial charge in [0.2, 0.25) is 5.91 Å². The maximum Gasteiger partial charge on any atom is 0.219 e. The van der Waals surface area contributed by atoms with Gasteiger partial charge in [-0.3, -0.25) is 4.79 Å². The van der Waals surface area contributed by atoms with Gasteiger partial charge in [-0.05, 0) is 38.0 Å². The van der Waals surface area contributed by atoms with Gasteiger partial charge < -0.3 is 15.3 Å². The third kappa shape index (κ3) is 4.62. The van der Waals surface area contributed by atoms with Gasteiger partial charge in [0.25, 0.3) is 0 Å². The summed E-state index contributed by atoms with van der Waals surface area (Å²) in [7, 11) is 1.61. The van der Waals surface area contributed by atoms with Crippen LogP contribution in [0.25, 0.3) is 0 Å². The number of nitrogens with zero attached hydrogens (tertiary/aromatic N) is 1. The van der Waals surface area contributed by atoms with E-state index in [0.717, 1.165) is 11.1 Å². The summed E-state index contributed by atoms with van der Waals surface area (Å²) in [6.07, 6.45) is 1.08. The van der Waals surface area contributed by atoms with Gasteiger partial charge in [-0.2, -0.15) is 0 Å². The van der Waals surface area contributed by atoms with Crippen molar-refractivity contribution in [3.63, 3.8) is 0 Å². The lowest BCUT2D eigenvalue weighted by molar-refractivity contribution is -0.120. The summed E-state index contributed by atoms with van der Waals surface area (Å²) in [5.41, 5.74) is 2.32. The van der Waals surface area contributed by atoms with Crippen LogP contribution in [0.15, 0.2) is 23.4 Å². The number of aryl methyl sites for hydroxylation is 1. The number of oxime groups is 1. The van der Waals surface area contributed by atoms with Gasteiger partial charge in [0, 0.05) is 19.0 Å². The highest BCUT2D eigenvalue weighted by molar-refractivity contribution is 6.00. The van der Waals surface area contributed by atoms with Crippen LogP contribution in [0, 0.1) is 6.92 Å². The minimum absolute atomic E-state index is 0.00108. The molecular formula is C14H20N2O3. The van der Waals surface area contributed by atoms with Crippen molar-refractivity contribution in [2.24, 2.45) is 5.16 Å². The molecule has 19 heavy (non-hydrogen) atoms. The molecule has 1 rings (SSSR count). The molecule has 0 spiro atoms. The third-order valence-electron chi connectivity index (χ3n) is 2.76. The zero-order valence-corrected chi connectivity index (χ0v) is 11.6. The van der Waals surface area contributed by atoms with Crippen molar-refractivity contribution in [3.8, 4) is 5.75 Å². The highest BCUT2D eigenvalue weighted by Crippen LogP contribution is 2.21. The number of rotatable bonds is 6. The molecule has 5 heteroatoms. The predicted molar refractivity (Wildman–Crippen MR) is 74.0 cm³/mol. The first-order chi connectivity index (χ1) is 9.08. The molecule has 1 aromatic rings. The second kappa shape index (κ2) is 7.41. The molecule has 0 radical (unpaired) electrons. The van der Waals surface area contributed by atoms with Gasteiger partial charge in [-0.25, -0.2) is 0 Å². The molecule has 5 nitrogen and oxygen atoms in total. The van der Waals surface area contributed by atoms with Crippen LogP contribution in [0.5, 0.6) is 5.75 Å². The van der Waals surface area contributed by atoms with E-state index in [1.54, 1.807) is 14.0 Å².